The average molecular weight is 357 g/mol. The van der Waals surface area contributed by atoms with Crippen LogP contribution in [0.5, 0.6) is 0 Å². The molecular formula is C17H11F6N2+. The van der Waals surface area contributed by atoms with Crippen molar-refractivity contribution in [3.8, 4) is 11.1 Å². The van der Waals surface area contributed by atoms with E-state index in [2.05, 4.69) is 5.10 Å². The highest BCUT2D eigenvalue weighted by Crippen LogP contribution is 2.39. The number of para-hydroxylation sites is 1. The molecule has 2 aromatic carbocycles. The largest absolute Gasteiger partial charge is 0.438 e. The average Bonchev–Trinajstić information content (AvgIpc) is 2.95. The highest BCUT2D eigenvalue weighted by molar-refractivity contribution is 6.01. The van der Waals surface area contributed by atoms with Gasteiger partial charge in [-0.25, -0.2) is 13.2 Å². The normalized spacial score (nSPS) is 20.0. The number of benzene rings is 2. The first-order valence-corrected chi connectivity index (χ1v) is 7.09. The lowest BCUT2D eigenvalue weighted by Gasteiger charge is -2.23. The number of allylic oxidation sites excluding steroid dienone is 1. The second-order valence-electron chi connectivity index (χ2n) is 5.59. The molecule has 1 aliphatic heterocycles. The third-order valence-electron chi connectivity index (χ3n) is 3.82. The molecule has 0 N–H and O–H groups in total. The highest BCUT2D eigenvalue weighted by atomic mass is 19.4. The lowest BCUT2D eigenvalue weighted by Crippen LogP contribution is -2.32. The number of alkyl halides is 3. The molecular weight excluding hydrogens is 346 g/mol. The van der Waals surface area contributed by atoms with Crippen molar-refractivity contribution in [2.75, 3.05) is 7.05 Å². The van der Waals surface area contributed by atoms with Gasteiger partial charge in [-0.3, -0.25) is 0 Å². The van der Waals surface area contributed by atoms with Gasteiger partial charge in [0.25, 0.3) is 0 Å². The van der Waals surface area contributed by atoms with Crippen molar-refractivity contribution >= 4 is 11.4 Å². The fraction of sp³-hybridized carbons (Fsp3) is 0.118. The van der Waals surface area contributed by atoms with E-state index in [4.69, 9.17) is 0 Å². The van der Waals surface area contributed by atoms with Crippen molar-refractivity contribution in [3.05, 3.63) is 66.1 Å². The Bertz CT molecular complexity index is 900. The summed E-state index contributed by atoms with van der Waals surface area (Å²) in [6.07, 6.45) is -2.63. The molecule has 2 aromatic rings. The first-order valence-electron chi connectivity index (χ1n) is 7.09. The maximum Gasteiger partial charge on any atom is 0.438 e. The van der Waals surface area contributed by atoms with Crippen LogP contribution in [0.15, 0.2) is 53.8 Å². The Morgan fingerprint density at radius 2 is 1.52 bits per heavy atom. The summed E-state index contributed by atoms with van der Waals surface area (Å²) in [5, 5.41) is 3.65. The fourth-order valence-electron chi connectivity index (χ4n) is 2.62. The summed E-state index contributed by atoms with van der Waals surface area (Å²) < 4.78 is 78.8. The van der Waals surface area contributed by atoms with E-state index in [1.54, 1.807) is 0 Å². The van der Waals surface area contributed by atoms with E-state index in [9.17, 15) is 26.3 Å². The van der Waals surface area contributed by atoms with Gasteiger partial charge in [0.15, 0.2) is 17.3 Å². The van der Waals surface area contributed by atoms with Crippen LogP contribution < -0.4 is 4.59 Å². The van der Waals surface area contributed by atoms with Crippen molar-refractivity contribution in [1.82, 2.24) is 4.59 Å². The molecule has 0 bridgehead atoms. The molecule has 3 rings (SSSR count). The minimum Gasteiger partial charge on any atom is -0.206 e. The van der Waals surface area contributed by atoms with Crippen molar-refractivity contribution in [2.24, 2.45) is 5.10 Å². The molecule has 0 spiro atoms. The van der Waals surface area contributed by atoms with Crippen molar-refractivity contribution in [2.45, 2.75) is 6.18 Å². The number of halogens is 6. The Hall–Kier alpha value is -2.61. The molecule has 0 fully saturated rings. The number of hydrogen-bond donors (Lipinski definition) is 0. The Kier molecular flexibility index (Phi) is 3.95. The Morgan fingerprint density at radius 3 is 2.16 bits per heavy atom. The molecule has 0 aromatic heterocycles. The second kappa shape index (κ2) is 5.73. The van der Waals surface area contributed by atoms with E-state index < -0.39 is 33.9 Å². The lowest BCUT2D eigenvalue weighted by atomic mass is 10.0. The zero-order valence-corrected chi connectivity index (χ0v) is 12.8. The first kappa shape index (κ1) is 17.2. The molecule has 0 saturated heterocycles. The van der Waals surface area contributed by atoms with E-state index in [1.165, 1.54) is 37.5 Å². The van der Waals surface area contributed by atoms with Gasteiger partial charge in [0.05, 0.1) is 0 Å². The zero-order chi connectivity index (χ0) is 18.4. The third kappa shape index (κ3) is 3.05. The number of rotatable bonds is 2. The summed E-state index contributed by atoms with van der Waals surface area (Å²) in [7, 11) is 1.37. The summed E-state index contributed by atoms with van der Waals surface area (Å²) in [6.45, 7) is 0. The van der Waals surface area contributed by atoms with Crippen LogP contribution >= 0.6 is 0 Å². The monoisotopic (exact) mass is 357 g/mol. The molecule has 1 unspecified atom stereocenters. The van der Waals surface area contributed by atoms with E-state index in [0.717, 1.165) is 6.08 Å². The van der Waals surface area contributed by atoms with Gasteiger partial charge < -0.3 is 0 Å². The Balaban J connectivity index is 2.18. The SMILES string of the molecule is C[N+]1(c2ccccc2-c2cc(F)c(F)cc2F)C=CC(C(F)(F)F)=N1. The molecule has 0 aliphatic carbocycles. The second-order valence-corrected chi connectivity index (χ2v) is 5.59. The van der Waals surface area contributed by atoms with Crippen LogP contribution in [-0.4, -0.2) is 18.9 Å². The molecule has 0 saturated carbocycles. The molecule has 0 amide bonds. The molecule has 0 radical (unpaired) electrons. The third-order valence-corrected chi connectivity index (χ3v) is 3.82. The van der Waals surface area contributed by atoms with Crippen molar-refractivity contribution in [1.29, 1.82) is 0 Å². The maximum atomic E-state index is 14.1. The first-order chi connectivity index (χ1) is 11.6. The minimum absolute atomic E-state index is 0.109. The van der Waals surface area contributed by atoms with Gasteiger partial charge >= 0.3 is 6.18 Å². The van der Waals surface area contributed by atoms with Crippen LogP contribution in [0.3, 0.4) is 0 Å². The van der Waals surface area contributed by atoms with E-state index in [1.807, 2.05) is 0 Å². The van der Waals surface area contributed by atoms with Gasteiger partial charge in [-0.1, -0.05) is 17.2 Å². The topological polar surface area (TPSA) is 12.4 Å². The van der Waals surface area contributed by atoms with Crippen LogP contribution in [0.1, 0.15) is 0 Å². The standard InChI is InChI=1S/C17H11F6N2/c1-25(7-6-16(24-25)17(21,22)23)15-5-3-2-4-10(15)11-8-13(19)14(20)9-12(11)18/h2-9H,1H3/q+1. The van der Waals surface area contributed by atoms with Crippen LogP contribution in [0.25, 0.3) is 11.1 Å². The van der Waals surface area contributed by atoms with Gasteiger partial charge in [-0.05, 0) is 12.1 Å². The predicted molar refractivity (Wildman–Crippen MR) is 82.1 cm³/mol. The van der Waals surface area contributed by atoms with E-state index in [0.29, 0.717) is 12.1 Å². The van der Waals surface area contributed by atoms with Gasteiger partial charge in [-0.15, -0.1) is 4.59 Å². The minimum atomic E-state index is -4.63. The smallest absolute Gasteiger partial charge is 0.206 e. The van der Waals surface area contributed by atoms with Crippen LogP contribution in [0, 0.1) is 17.5 Å². The number of quaternary nitrogens is 1. The summed E-state index contributed by atoms with van der Waals surface area (Å²) >= 11 is 0. The van der Waals surface area contributed by atoms with Gasteiger partial charge in [0.1, 0.15) is 19.1 Å². The van der Waals surface area contributed by atoms with Gasteiger partial charge in [0, 0.05) is 29.3 Å². The van der Waals surface area contributed by atoms with Gasteiger partial charge in [0.2, 0.25) is 5.71 Å². The molecule has 25 heavy (non-hydrogen) atoms. The maximum absolute atomic E-state index is 14.1. The van der Waals surface area contributed by atoms with Gasteiger partial charge in [-0.2, -0.15) is 13.2 Å². The summed E-state index contributed by atoms with van der Waals surface area (Å²) in [6, 6.07) is 6.97. The van der Waals surface area contributed by atoms with Crippen molar-refractivity contribution < 1.29 is 26.3 Å². The summed E-state index contributed by atoms with van der Waals surface area (Å²) in [4.78, 5) is 0. The van der Waals surface area contributed by atoms with Crippen LogP contribution in [0.2, 0.25) is 0 Å². The summed E-state index contributed by atoms with van der Waals surface area (Å²) in [5.74, 6) is -3.64. The fourth-order valence-corrected chi connectivity index (χ4v) is 2.62. The number of hydrogen-bond acceptors (Lipinski definition) is 1. The Labute approximate surface area is 138 Å². The quantitative estimate of drug-likeness (QED) is 0.400. The number of nitrogens with zero attached hydrogens (tertiary/aromatic N) is 2. The van der Waals surface area contributed by atoms with Crippen molar-refractivity contribution in [3.63, 3.8) is 0 Å². The molecule has 1 aliphatic rings. The molecule has 2 nitrogen and oxygen atoms in total. The molecule has 130 valence electrons. The van der Waals surface area contributed by atoms with Crippen LogP contribution in [-0.2, 0) is 0 Å². The van der Waals surface area contributed by atoms with Crippen LogP contribution in [0.4, 0.5) is 32.0 Å². The van der Waals surface area contributed by atoms with E-state index in [-0.39, 0.29) is 16.8 Å². The predicted octanol–water partition coefficient (Wildman–Crippen LogP) is 5.15. The van der Waals surface area contributed by atoms with E-state index >= 15 is 0 Å². The molecule has 1 heterocycles. The Morgan fingerprint density at radius 1 is 0.880 bits per heavy atom. The molecule has 1 atom stereocenters. The summed E-state index contributed by atoms with van der Waals surface area (Å²) in [5.41, 5.74) is -1.06. The lowest BCUT2D eigenvalue weighted by molar-refractivity contribution is -0.0581. The highest BCUT2D eigenvalue weighted by Gasteiger charge is 2.43. The zero-order valence-electron chi connectivity index (χ0n) is 12.8. The molecule has 8 heteroatoms.